The summed E-state index contributed by atoms with van der Waals surface area (Å²) in [7, 11) is -3.88. The second kappa shape index (κ2) is 33.6. The number of unbranched alkanes of at least 4 members (excludes halogenated alkanes) is 2. The molecular weight excluding hydrogens is 1120 g/mol. The number of methoxy groups -OCH3 is 6. The molecule has 0 aliphatic rings. The van der Waals surface area contributed by atoms with Gasteiger partial charge in [-0.05, 0) is 109 Å². The van der Waals surface area contributed by atoms with Crippen molar-refractivity contribution in [2.45, 2.75) is 50.4 Å². The molecule has 4 aromatic carbocycles. The summed E-state index contributed by atoms with van der Waals surface area (Å²) in [5, 5.41) is 23.9. The van der Waals surface area contributed by atoms with E-state index in [0.717, 1.165) is 10.8 Å². The highest BCUT2D eigenvalue weighted by Crippen LogP contribution is 2.39. The highest BCUT2D eigenvalue weighted by atomic mass is 32.2. The van der Waals surface area contributed by atoms with Gasteiger partial charge in [-0.15, -0.1) is 0 Å². The first-order chi connectivity index (χ1) is 37.8. The van der Waals surface area contributed by atoms with Crippen LogP contribution in [-0.4, -0.2) is 148 Å². The zero-order chi connectivity index (χ0) is 59.5. The summed E-state index contributed by atoms with van der Waals surface area (Å²) in [4.78, 5) is 24.2. The van der Waals surface area contributed by atoms with Crippen LogP contribution in [0.5, 0.6) is 40.2 Å². The van der Waals surface area contributed by atoms with Crippen LogP contribution in [0.4, 0.5) is 5.69 Å². The number of nitrogens with one attached hydrogen (secondary N) is 1. The number of hydrogen-bond donors (Lipinski definition) is 3. The van der Waals surface area contributed by atoms with Crippen molar-refractivity contribution in [3.05, 3.63) is 105 Å². The van der Waals surface area contributed by atoms with E-state index >= 15 is 0 Å². The largest absolute Gasteiger partial charge is 0.496 e. The van der Waals surface area contributed by atoms with Gasteiger partial charge in [0.2, 0.25) is 0 Å². The number of esters is 2. The van der Waals surface area contributed by atoms with E-state index in [1.807, 2.05) is 0 Å². The first kappa shape index (κ1) is 68.2. The van der Waals surface area contributed by atoms with E-state index in [-0.39, 0.29) is 50.2 Å². The van der Waals surface area contributed by atoms with E-state index in [0.29, 0.717) is 112 Å². The normalized spacial score (nSPS) is 11.8. The lowest BCUT2D eigenvalue weighted by molar-refractivity contribution is -0.146. The number of carbonyl (C=O) groups is 2. The molecule has 0 saturated heterocycles. The molecular formula is C54H75NO21P2S2. The molecule has 80 heavy (non-hydrogen) atoms. The van der Waals surface area contributed by atoms with Gasteiger partial charge in [-0.25, -0.2) is 21.6 Å². The molecule has 3 N–H and O–H groups in total. The number of rotatable bonds is 34. The van der Waals surface area contributed by atoms with Crippen LogP contribution in [0.15, 0.2) is 71.5 Å². The Kier molecular flexibility index (Phi) is 28.6. The lowest BCUT2D eigenvalue weighted by Gasteiger charge is -2.13. The zero-order valence-corrected chi connectivity index (χ0v) is 50.3. The van der Waals surface area contributed by atoms with E-state index in [2.05, 4.69) is 5.32 Å². The zero-order valence-electron chi connectivity index (χ0n) is 46.8. The van der Waals surface area contributed by atoms with Crippen LogP contribution in [0.25, 0.3) is 12.2 Å². The molecule has 0 saturated carbocycles. The Bertz CT molecular complexity index is 2790. The molecule has 4 rings (SSSR count). The Hall–Kier alpha value is -6.10. The van der Waals surface area contributed by atoms with E-state index in [9.17, 15) is 45.8 Å². The van der Waals surface area contributed by atoms with Gasteiger partial charge in [0.15, 0.2) is 52.5 Å². The third kappa shape index (κ3) is 25.1. The van der Waals surface area contributed by atoms with Crippen molar-refractivity contribution in [1.82, 2.24) is 0 Å². The smallest absolute Gasteiger partial charge is 0.344 e. The summed E-state index contributed by atoms with van der Waals surface area (Å²) in [6.45, 7) is 6.16. The average molecular weight is 1200 g/mol. The molecule has 0 aliphatic heterocycles. The molecule has 0 aromatic heterocycles. The van der Waals surface area contributed by atoms with Gasteiger partial charge in [-0.2, -0.15) is 0 Å². The van der Waals surface area contributed by atoms with Gasteiger partial charge in [0.05, 0.1) is 111 Å². The summed E-state index contributed by atoms with van der Waals surface area (Å²) in [5.74, 6) is 0.616. The van der Waals surface area contributed by atoms with Gasteiger partial charge in [0, 0.05) is 37.5 Å². The van der Waals surface area contributed by atoms with Crippen molar-refractivity contribution in [2.75, 3.05) is 114 Å². The van der Waals surface area contributed by atoms with Crippen molar-refractivity contribution in [3.8, 4) is 40.2 Å². The maximum absolute atomic E-state index is 12.9. The Labute approximate surface area is 469 Å². The number of hydrogen-bond acceptors (Lipinski definition) is 22. The Morgan fingerprint density at radius 3 is 1.27 bits per heavy atom. The van der Waals surface area contributed by atoms with Crippen LogP contribution < -0.4 is 38.5 Å². The predicted molar refractivity (Wildman–Crippen MR) is 305 cm³/mol. The van der Waals surface area contributed by atoms with Gasteiger partial charge in [0.25, 0.3) is 0 Å². The summed E-state index contributed by atoms with van der Waals surface area (Å²) in [6, 6.07) is 15.9. The van der Waals surface area contributed by atoms with Gasteiger partial charge < -0.3 is 67.2 Å². The van der Waals surface area contributed by atoms with E-state index in [1.54, 1.807) is 67.9 Å². The molecule has 0 spiro atoms. The van der Waals surface area contributed by atoms with Crippen molar-refractivity contribution < 1.29 is 97.4 Å². The number of aliphatic hydroxyl groups excluding tert-OH is 2. The maximum Gasteiger partial charge on any atom is 0.344 e. The average Bonchev–Trinajstić information content (AvgIpc) is 3.42. The number of anilines is 1. The first-order valence-electron chi connectivity index (χ1n) is 24.8. The maximum atomic E-state index is 12.9. The summed E-state index contributed by atoms with van der Waals surface area (Å²) in [5.41, 5.74) is 3.27. The molecule has 0 heterocycles. The minimum atomic E-state index is -3.75. The Morgan fingerprint density at radius 1 is 0.500 bits per heavy atom. The second-order valence-electron chi connectivity index (χ2n) is 18.1. The van der Waals surface area contributed by atoms with Crippen LogP contribution in [0.1, 0.15) is 59.1 Å². The van der Waals surface area contributed by atoms with Crippen molar-refractivity contribution in [1.29, 1.82) is 0 Å². The molecule has 0 radical (unpaired) electrons. The third-order valence-corrected chi connectivity index (χ3v) is 15.0. The van der Waals surface area contributed by atoms with Gasteiger partial charge in [-0.1, -0.05) is 12.1 Å². The molecule has 0 unspecified atom stereocenters. The van der Waals surface area contributed by atoms with Crippen LogP contribution >= 0.6 is 14.7 Å². The lowest BCUT2D eigenvalue weighted by atomic mass is 10.1. The fourth-order valence-electron chi connectivity index (χ4n) is 7.05. The number of carbonyl (C=O) groups excluding carboxylic acids is 2. The molecule has 22 nitrogen and oxygen atoms in total. The Morgan fingerprint density at radius 2 is 0.875 bits per heavy atom. The number of aliphatic hydroxyl groups is 2. The minimum Gasteiger partial charge on any atom is -0.496 e. The SMILES string of the molecule is COc1ccc(CS(=O)(=O)/C=C/c2c(OC)cc(CO)cc2OC)cc1NCC(=O)OCCCCOP(C)(C)=O.COc1ccc(CS(=O)(=O)/C=C/c2c(OC)cc(CO)cc2OC)cc1OCC(=O)OCCCCOP(C)(C)=O. The van der Waals surface area contributed by atoms with Crippen LogP contribution in [0, 0.1) is 0 Å². The summed E-state index contributed by atoms with van der Waals surface area (Å²) in [6.07, 6.45) is 5.08. The van der Waals surface area contributed by atoms with Gasteiger partial charge in [-0.3, -0.25) is 13.9 Å². The molecule has 0 atom stereocenters. The molecule has 0 fully saturated rings. The molecule has 26 heteroatoms. The van der Waals surface area contributed by atoms with E-state index in [1.165, 1.54) is 74.2 Å². The van der Waals surface area contributed by atoms with Crippen LogP contribution in [-0.2, 0) is 81.6 Å². The van der Waals surface area contributed by atoms with Crippen molar-refractivity contribution in [2.24, 2.45) is 0 Å². The molecule has 0 bridgehead atoms. The fourth-order valence-corrected chi connectivity index (χ4v) is 10.4. The molecule has 0 amide bonds. The number of sulfone groups is 2. The van der Waals surface area contributed by atoms with E-state index in [4.69, 9.17) is 51.7 Å². The lowest BCUT2D eigenvalue weighted by Crippen LogP contribution is -2.18. The number of ether oxygens (including phenoxy) is 9. The van der Waals surface area contributed by atoms with Crippen LogP contribution in [0.2, 0.25) is 0 Å². The van der Waals surface area contributed by atoms with Crippen LogP contribution in [0.3, 0.4) is 0 Å². The standard InChI is InChI=1S/C27H38NO10PS.C27H37O11PS/c1-34-24-9-8-20(14-23(24)28-17-27(30)37-11-6-7-12-38-39(4,5)31)19-40(32,33)13-10-22-25(35-2)15-21(18-29)16-26(22)36-3;1-33-23-9-8-20(14-26(23)37-18-27(29)36-11-6-7-12-38-39(4,5)30)19-40(31,32)13-10-22-24(34-2)15-21(17-28)16-25(22)35-3/h8-10,13-16,28-29H,6-7,11-12,17-19H2,1-5H3;8-10,13-16,28H,6-7,11-12,17-19H2,1-5H3/b2*13-10+. The predicted octanol–water partition coefficient (Wildman–Crippen LogP) is 8.13. The molecule has 4 aromatic rings. The topological polar surface area (TPSA) is 291 Å². The van der Waals surface area contributed by atoms with Gasteiger partial charge >= 0.3 is 11.9 Å². The third-order valence-electron chi connectivity index (χ3n) is 10.9. The summed E-state index contributed by atoms with van der Waals surface area (Å²) < 4.78 is 133. The highest BCUT2D eigenvalue weighted by molar-refractivity contribution is 7.93. The van der Waals surface area contributed by atoms with Crippen molar-refractivity contribution >= 4 is 64.2 Å². The number of benzene rings is 4. The summed E-state index contributed by atoms with van der Waals surface area (Å²) >= 11 is 0. The Balaban J connectivity index is 0.000000420. The monoisotopic (exact) mass is 1200 g/mol. The highest BCUT2D eigenvalue weighted by Gasteiger charge is 2.19. The molecule has 444 valence electrons. The van der Waals surface area contributed by atoms with Gasteiger partial charge in [0.1, 0.15) is 35.3 Å². The second-order valence-corrected chi connectivity index (χ2v) is 27.3. The van der Waals surface area contributed by atoms with E-state index < -0.39 is 53.0 Å². The molecule has 0 aliphatic carbocycles. The first-order valence-corrected chi connectivity index (χ1v) is 33.2. The van der Waals surface area contributed by atoms with Crippen molar-refractivity contribution in [3.63, 3.8) is 0 Å². The minimum absolute atomic E-state index is 0.147. The fraction of sp³-hybridized carbons (Fsp3) is 0.444. The quantitative estimate of drug-likeness (QED) is 0.0226.